The van der Waals surface area contributed by atoms with Crippen LogP contribution in [0, 0.1) is 5.92 Å². The Labute approximate surface area is 150 Å². The third-order valence-corrected chi connectivity index (χ3v) is 5.34. The summed E-state index contributed by atoms with van der Waals surface area (Å²) in [5, 5.41) is 1.91. The molecule has 1 saturated heterocycles. The SMILES string of the molecule is CC(C)(C)OC(=O)N1C[C@H](CBr)[C@@H](c2cccc(Cl)c2Cl)C1. The Morgan fingerprint density at radius 1 is 1.36 bits per heavy atom. The van der Waals surface area contributed by atoms with E-state index in [4.69, 9.17) is 27.9 Å². The number of benzene rings is 1. The van der Waals surface area contributed by atoms with Gasteiger partial charge in [0, 0.05) is 24.3 Å². The predicted molar refractivity (Wildman–Crippen MR) is 94.3 cm³/mol. The minimum atomic E-state index is -0.493. The van der Waals surface area contributed by atoms with Crippen molar-refractivity contribution < 1.29 is 9.53 Å². The molecule has 0 N–H and O–H groups in total. The van der Waals surface area contributed by atoms with Gasteiger partial charge in [0.1, 0.15) is 5.60 Å². The average Bonchev–Trinajstić information content (AvgIpc) is 2.84. The summed E-state index contributed by atoms with van der Waals surface area (Å²) in [4.78, 5) is 14.0. The van der Waals surface area contributed by atoms with E-state index < -0.39 is 5.60 Å². The Morgan fingerprint density at radius 3 is 2.64 bits per heavy atom. The first kappa shape index (κ1) is 17.9. The first-order valence-electron chi connectivity index (χ1n) is 7.20. The average molecular weight is 409 g/mol. The third kappa shape index (κ3) is 4.09. The number of ether oxygens (including phenoxy) is 1. The van der Waals surface area contributed by atoms with Crippen molar-refractivity contribution in [3.05, 3.63) is 33.8 Å². The van der Waals surface area contributed by atoms with Crippen molar-refractivity contribution in [3.8, 4) is 0 Å². The number of nitrogens with zero attached hydrogens (tertiary/aromatic N) is 1. The molecule has 122 valence electrons. The first-order chi connectivity index (χ1) is 10.2. The highest BCUT2D eigenvalue weighted by Gasteiger charge is 2.38. The Kier molecular flexibility index (Phi) is 5.68. The second-order valence-corrected chi connectivity index (χ2v) is 7.98. The van der Waals surface area contributed by atoms with Crippen molar-refractivity contribution in [2.24, 2.45) is 5.92 Å². The van der Waals surface area contributed by atoms with E-state index >= 15 is 0 Å². The highest BCUT2D eigenvalue weighted by Crippen LogP contribution is 2.39. The van der Waals surface area contributed by atoms with Gasteiger partial charge < -0.3 is 9.64 Å². The number of halogens is 3. The van der Waals surface area contributed by atoms with E-state index in [0.717, 1.165) is 10.9 Å². The topological polar surface area (TPSA) is 29.5 Å². The van der Waals surface area contributed by atoms with Gasteiger partial charge in [0.05, 0.1) is 10.0 Å². The van der Waals surface area contributed by atoms with Crippen molar-refractivity contribution in [3.63, 3.8) is 0 Å². The van der Waals surface area contributed by atoms with Crippen LogP contribution in [-0.2, 0) is 4.74 Å². The molecule has 2 atom stereocenters. The van der Waals surface area contributed by atoms with E-state index in [1.807, 2.05) is 32.9 Å². The zero-order valence-electron chi connectivity index (χ0n) is 12.9. The summed E-state index contributed by atoms with van der Waals surface area (Å²) in [6, 6.07) is 5.65. The zero-order chi connectivity index (χ0) is 16.5. The number of carbonyl (C=O) groups excluding carboxylic acids is 1. The van der Waals surface area contributed by atoms with E-state index in [0.29, 0.717) is 23.1 Å². The van der Waals surface area contributed by atoms with Crippen molar-refractivity contribution >= 4 is 45.2 Å². The van der Waals surface area contributed by atoms with Crippen LogP contribution in [0.3, 0.4) is 0 Å². The molecule has 6 heteroatoms. The van der Waals surface area contributed by atoms with Crippen molar-refractivity contribution in [1.82, 2.24) is 4.90 Å². The standard InChI is InChI=1S/C16H20BrCl2NO2/c1-16(2,3)22-15(21)20-8-10(7-17)12(9-20)11-5-4-6-13(18)14(11)19/h4-6,10,12H,7-9H2,1-3H3/t10-,12-/m0/s1. The van der Waals surface area contributed by atoms with Gasteiger partial charge >= 0.3 is 6.09 Å². The summed E-state index contributed by atoms with van der Waals surface area (Å²) < 4.78 is 5.47. The van der Waals surface area contributed by atoms with Gasteiger partial charge in [-0.15, -0.1) is 0 Å². The van der Waals surface area contributed by atoms with Gasteiger partial charge in [-0.25, -0.2) is 4.79 Å². The maximum Gasteiger partial charge on any atom is 0.410 e. The second kappa shape index (κ2) is 6.98. The molecule has 1 heterocycles. The fourth-order valence-corrected chi connectivity index (χ4v) is 3.77. The summed E-state index contributed by atoms with van der Waals surface area (Å²) in [7, 11) is 0. The number of hydrogen-bond acceptors (Lipinski definition) is 2. The summed E-state index contributed by atoms with van der Waals surface area (Å²) in [5.74, 6) is 0.432. The number of amides is 1. The number of carbonyl (C=O) groups is 1. The maximum atomic E-state index is 12.3. The zero-order valence-corrected chi connectivity index (χ0v) is 16.0. The summed E-state index contributed by atoms with van der Waals surface area (Å²) in [5.41, 5.74) is 0.497. The molecule has 1 aliphatic heterocycles. The van der Waals surface area contributed by atoms with Gasteiger partial charge in [0.15, 0.2) is 0 Å². The van der Waals surface area contributed by atoms with Gasteiger partial charge in [-0.2, -0.15) is 0 Å². The van der Waals surface area contributed by atoms with E-state index in [2.05, 4.69) is 15.9 Å². The summed E-state index contributed by atoms with van der Waals surface area (Å²) >= 11 is 16.0. The Bertz CT molecular complexity index is 560. The molecule has 1 amide bonds. The van der Waals surface area contributed by atoms with Crippen LogP contribution in [0.2, 0.25) is 10.0 Å². The first-order valence-corrected chi connectivity index (χ1v) is 9.08. The lowest BCUT2D eigenvalue weighted by Gasteiger charge is -2.24. The minimum Gasteiger partial charge on any atom is -0.444 e. The molecule has 0 bridgehead atoms. The van der Waals surface area contributed by atoms with E-state index in [-0.39, 0.29) is 17.9 Å². The maximum absolute atomic E-state index is 12.3. The third-order valence-electron chi connectivity index (χ3n) is 3.67. The molecule has 0 radical (unpaired) electrons. The molecular formula is C16H20BrCl2NO2. The fraction of sp³-hybridized carbons (Fsp3) is 0.562. The molecule has 1 aliphatic rings. The van der Waals surface area contributed by atoms with Crippen LogP contribution in [0.5, 0.6) is 0 Å². The lowest BCUT2D eigenvalue weighted by Crippen LogP contribution is -2.35. The van der Waals surface area contributed by atoms with E-state index in [9.17, 15) is 4.79 Å². The van der Waals surface area contributed by atoms with Crippen molar-refractivity contribution in [2.75, 3.05) is 18.4 Å². The molecular weight excluding hydrogens is 389 g/mol. The molecule has 0 aliphatic carbocycles. The predicted octanol–water partition coefficient (Wildman–Crippen LogP) is 5.34. The van der Waals surface area contributed by atoms with Gasteiger partial charge in [-0.1, -0.05) is 51.3 Å². The molecule has 0 unspecified atom stereocenters. The van der Waals surface area contributed by atoms with Crippen LogP contribution >= 0.6 is 39.1 Å². The smallest absolute Gasteiger partial charge is 0.410 e. The molecule has 0 aromatic heterocycles. The number of hydrogen-bond donors (Lipinski definition) is 0. The fourth-order valence-electron chi connectivity index (χ4n) is 2.66. The molecule has 2 rings (SSSR count). The monoisotopic (exact) mass is 407 g/mol. The Balaban J connectivity index is 2.20. The van der Waals surface area contributed by atoms with Crippen molar-refractivity contribution in [2.45, 2.75) is 32.3 Å². The lowest BCUT2D eigenvalue weighted by atomic mass is 9.90. The van der Waals surface area contributed by atoms with Crippen LogP contribution in [0.25, 0.3) is 0 Å². The highest BCUT2D eigenvalue weighted by molar-refractivity contribution is 9.09. The van der Waals surface area contributed by atoms with Crippen LogP contribution in [-0.4, -0.2) is 35.0 Å². The largest absolute Gasteiger partial charge is 0.444 e. The molecule has 1 aromatic rings. The quantitative estimate of drug-likeness (QED) is 0.618. The van der Waals surface area contributed by atoms with Crippen LogP contribution in [0.1, 0.15) is 32.3 Å². The second-order valence-electron chi connectivity index (χ2n) is 6.55. The molecule has 1 fully saturated rings. The lowest BCUT2D eigenvalue weighted by molar-refractivity contribution is 0.0288. The highest BCUT2D eigenvalue weighted by atomic mass is 79.9. The van der Waals surface area contributed by atoms with Gasteiger partial charge in [0.25, 0.3) is 0 Å². The summed E-state index contributed by atoms with van der Waals surface area (Å²) in [6.07, 6.45) is -0.279. The van der Waals surface area contributed by atoms with Gasteiger partial charge in [0.2, 0.25) is 0 Å². The minimum absolute atomic E-state index is 0.151. The number of likely N-dealkylation sites (tertiary alicyclic amines) is 1. The van der Waals surface area contributed by atoms with Gasteiger partial charge in [-0.05, 0) is 38.3 Å². The molecule has 22 heavy (non-hydrogen) atoms. The summed E-state index contributed by atoms with van der Waals surface area (Å²) in [6.45, 7) is 6.84. The van der Waals surface area contributed by atoms with Crippen LogP contribution < -0.4 is 0 Å². The van der Waals surface area contributed by atoms with E-state index in [1.165, 1.54) is 0 Å². The van der Waals surface area contributed by atoms with Crippen molar-refractivity contribution in [1.29, 1.82) is 0 Å². The van der Waals surface area contributed by atoms with Crippen LogP contribution in [0.15, 0.2) is 18.2 Å². The van der Waals surface area contributed by atoms with E-state index in [1.54, 1.807) is 11.0 Å². The number of rotatable bonds is 2. The number of alkyl halides is 1. The Morgan fingerprint density at radius 2 is 2.05 bits per heavy atom. The molecule has 3 nitrogen and oxygen atoms in total. The van der Waals surface area contributed by atoms with Crippen LogP contribution in [0.4, 0.5) is 4.79 Å². The normalized spacial score (nSPS) is 22.0. The molecule has 0 spiro atoms. The van der Waals surface area contributed by atoms with Gasteiger partial charge in [-0.3, -0.25) is 0 Å². The molecule has 1 aromatic carbocycles. The Hall–Kier alpha value is -0.450. The molecule has 0 saturated carbocycles.